The molecule has 1 unspecified atom stereocenters. The number of hydrogen-bond acceptors (Lipinski definition) is 6. The predicted octanol–water partition coefficient (Wildman–Crippen LogP) is 2.57. The molecule has 1 aliphatic heterocycles. The van der Waals surface area contributed by atoms with Gasteiger partial charge in [-0.05, 0) is 56.8 Å². The van der Waals surface area contributed by atoms with E-state index in [0.717, 1.165) is 57.8 Å². The first-order valence-electron chi connectivity index (χ1n) is 14.2. The lowest BCUT2D eigenvalue weighted by molar-refractivity contribution is -0.143. The van der Waals surface area contributed by atoms with Crippen molar-refractivity contribution in [2.24, 2.45) is 17.6 Å². The Balaban J connectivity index is 0.00000121. The molecule has 4 rings (SSSR count). The highest BCUT2D eigenvalue weighted by Crippen LogP contribution is 2.34. The minimum Gasteiger partial charge on any atom is -0.446 e. The van der Waals surface area contributed by atoms with Gasteiger partial charge in [-0.15, -0.1) is 0 Å². The van der Waals surface area contributed by atoms with Gasteiger partial charge in [-0.1, -0.05) is 52.4 Å². The zero-order valence-electron chi connectivity index (χ0n) is 22.3. The van der Waals surface area contributed by atoms with Crippen LogP contribution in [0.15, 0.2) is 0 Å². The number of hydrogen-bond donors (Lipinski definition) is 3. The molecule has 0 spiro atoms. The number of ketones is 1. The second-order valence-corrected chi connectivity index (χ2v) is 11.0. The number of likely N-dealkylation sites (tertiary alicyclic amines) is 1. The Bertz CT molecular complexity index is 835. The number of Topliss-reactive ketones (excluding diaryl/α,β-unsaturated/α-hetero) is 1. The van der Waals surface area contributed by atoms with E-state index in [2.05, 4.69) is 24.5 Å². The fourth-order valence-corrected chi connectivity index (χ4v) is 5.19. The van der Waals surface area contributed by atoms with Crippen molar-refractivity contribution in [2.75, 3.05) is 6.54 Å². The van der Waals surface area contributed by atoms with Crippen LogP contribution >= 0.6 is 0 Å². The first-order valence-corrected chi connectivity index (χ1v) is 14.2. The summed E-state index contributed by atoms with van der Waals surface area (Å²) in [5, 5.41) is 5.50. The van der Waals surface area contributed by atoms with Crippen LogP contribution in [0.4, 0.5) is 4.79 Å². The number of alkyl carbamates (subject to hydrolysis) is 1. The average Bonchev–Trinajstić information content (AvgIpc) is 3.81. The summed E-state index contributed by atoms with van der Waals surface area (Å²) in [6.07, 6.45) is 10.5. The summed E-state index contributed by atoms with van der Waals surface area (Å²) in [4.78, 5) is 64.5. The fraction of sp³-hybridized carbons (Fsp3) is 0.815. The van der Waals surface area contributed by atoms with E-state index in [1.165, 1.54) is 11.3 Å². The number of amides is 4. The molecular formula is C27H44N4O6. The average molecular weight is 521 g/mol. The van der Waals surface area contributed by atoms with Crippen LogP contribution in [0.25, 0.3) is 0 Å². The summed E-state index contributed by atoms with van der Waals surface area (Å²) in [7, 11) is 0. The monoisotopic (exact) mass is 520 g/mol. The number of rotatable bonds is 10. The van der Waals surface area contributed by atoms with Crippen LogP contribution in [0.1, 0.15) is 97.3 Å². The maximum atomic E-state index is 13.6. The molecule has 3 aliphatic carbocycles. The normalized spacial score (nSPS) is 23.2. The smallest absolute Gasteiger partial charge is 0.408 e. The second kappa shape index (κ2) is 13.8. The van der Waals surface area contributed by atoms with Crippen LogP contribution in [0, 0.1) is 11.8 Å². The zero-order valence-corrected chi connectivity index (χ0v) is 22.3. The van der Waals surface area contributed by atoms with Gasteiger partial charge in [0.15, 0.2) is 0 Å². The highest BCUT2D eigenvalue weighted by atomic mass is 16.6. The molecule has 10 heteroatoms. The number of nitrogens with two attached hydrogens (primary N) is 1. The van der Waals surface area contributed by atoms with Crippen molar-refractivity contribution in [3.63, 3.8) is 0 Å². The van der Waals surface area contributed by atoms with Crippen molar-refractivity contribution in [1.29, 1.82) is 0 Å². The molecule has 4 fully saturated rings. The number of carbonyl (C=O) groups is 5. The van der Waals surface area contributed by atoms with Crippen molar-refractivity contribution in [3.8, 4) is 0 Å². The summed E-state index contributed by atoms with van der Waals surface area (Å²) in [6.45, 7) is 4.65. The largest absolute Gasteiger partial charge is 0.446 e. The van der Waals surface area contributed by atoms with E-state index in [1.54, 1.807) is 0 Å². The quantitative estimate of drug-likeness (QED) is 0.377. The maximum absolute atomic E-state index is 13.6. The lowest BCUT2D eigenvalue weighted by Gasteiger charge is -2.34. The molecule has 1 saturated heterocycles. The molecule has 0 aromatic heterocycles. The van der Waals surface area contributed by atoms with Gasteiger partial charge < -0.3 is 26.0 Å². The summed E-state index contributed by atoms with van der Waals surface area (Å²) in [5.74, 6) is -2.31. The number of primary amides is 1. The first kappa shape index (κ1) is 28.9. The summed E-state index contributed by atoms with van der Waals surface area (Å²) < 4.78 is 5.33. The predicted molar refractivity (Wildman–Crippen MR) is 137 cm³/mol. The van der Waals surface area contributed by atoms with E-state index >= 15 is 0 Å². The summed E-state index contributed by atoms with van der Waals surface area (Å²) >= 11 is 0. The minimum atomic E-state index is -1.07. The third-order valence-electron chi connectivity index (χ3n) is 7.44. The summed E-state index contributed by atoms with van der Waals surface area (Å²) in [6, 6.07) is -2.45. The topological polar surface area (TPSA) is 148 Å². The van der Waals surface area contributed by atoms with Gasteiger partial charge in [0.1, 0.15) is 18.2 Å². The first-order chi connectivity index (χ1) is 17.7. The zero-order chi connectivity index (χ0) is 26.9. The van der Waals surface area contributed by atoms with E-state index in [-0.39, 0.29) is 17.9 Å². The molecule has 0 aromatic rings. The molecule has 37 heavy (non-hydrogen) atoms. The van der Waals surface area contributed by atoms with E-state index in [1.807, 2.05) is 0 Å². The van der Waals surface area contributed by atoms with E-state index in [0.29, 0.717) is 31.7 Å². The standard InChI is InChI=1S/C24H36N4O6.C3H8/c25-21(30)20(29)17(13-14-8-9-14)26-22(31)18-7-4-12-28(18)23(32)19(15-5-2-1-3-6-15)27-24(33)34-16-10-11-16;1-3-2/h14-19H,1-13H2,(H2,25,30)(H,26,31)(H,27,33);3H2,1-2H3/t17?,18-,19-;/m0./s1. The Hall–Kier alpha value is -2.65. The Morgan fingerprint density at radius 1 is 0.892 bits per heavy atom. The van der Waals surface area contributed by atoms with Crippen molar-refractivity contribution in [3.05, 3.63) is 0 Å². The molecule has 0 aromatic carbocycles. The van der Waals surface area contributed by atoms with E-state index in [9.17, 15) is 24.0 Å². The van der Waals surface area contributed by atoms with Crippen molar-refractivity contribution < 1.29 is 28.7 Å². The van der Waals surface area contributed by atoms with Gasteiger partial charge >= 0.3 is 6.09 Å². The van der Waals surface area contributed by atoms with Crippen molar-refractivity contribution in [1.82, 2.24) is 15.5 Å². The number of ether oxygens (including phenoxy) is 1. The Morgan fingerprint density at radius 2 is 1.54 bits per heavy atom. The summed E-state index contributed by atoms with van der Waals surface area (Å²) in [5.41, 5.74) is 5.19. The minimum absolute atomic E-state index is 0.00336. The molecule has 208 valence electrons. The van der Waals surface area contributed by atoms with Crippen LogP contribution in [0.3, 0.4) is 0 Å². The Kier molecular flexibility index (Phi) is 10.8. The molecule has 4 aliphatic rings. The Labute approximate surface area is 219 Å². The molecule has 1 heterocycles. The van der Waals surface area contributed by atoms with Crippen molar-refractivity contribution in [2.45, 2.75) is 122 Å². The van der Waals surface area contributed by atoms with Gasteiger partial charge in [-0.25, -0.2) is 4.79 Å². The number of nitrogens with one attached hydrogen (secondary N) is 2. The van der Waals surface area contributed by atoms with Gasteiger partial charge in [-0.3, -0.25) is 19.2 Å². The van der Waals surface area contributed by atoms with E-state index in [4.69, 9.17) is 10.5 Å². The van der Waals surface area contributed by atoms with Gasteiger partial charge in [0, 0.05) is 6.54 Å². The van der Waals surface area contributed by atoms with Crippen LogP contribution in [-0.2, 0) is 23.9 Å². The second-order valence-electron chi connectivity index (χ2n) is 11.0. The molecule has 4 N–H and O–H groups in total. The SMILES string of the molecule is CCC.NC(=O)C(=O)C(CC1CC1)NC(=O)[C@@H]1CCCN1C(=O)[C@@H](NC(=O)OC1CC1)C1CCCCC1. The van der Waals surface area contributed by atoms with E-state index < -0.39 is 41.8 Å². The molecular weight excluding hydrogens is 476 g/mol. The highest BCUT2D eigenvalue weighted by Gasteiger charge is 2.42. The van der Waals surface area contributed by atoms with Crippen LogP contribution < -0.4 is 16.4 Å². The molecule has 10 nitrogen and oxygen atoms in total. The van der Waals surface area contributed by atoms with Gasteiger partial charge in [0.2, 0.25) is 17.6 Å². The molecule has 0 radical (unpaired) electrons. The lowest BCUT2D eigenvalue weighted by Crippen LogP contribution is -2.58. The van der Waals surface area contributed by atoms with Crippen LogP contribution in [-0.4, -0.2) is 65.3 Å². The molecule has 3 saturated carbocycles. The third kappa shape index (κ3) is 8.71. The highest BCUT2D eigenvalue weighted by molar-refractivity contribution is 6.37. The third-order valence-corrected chi connectivity index (χ3v) is 7.44. The Morgan fingerprint density at radius 3 is 2.11 bits per heavy atom. The van der Waals surface area contributed by atoms with Gasteiger partial charge in [0.05, 0.1) is 6.04 Å². The fourth-order valence-electron chi connectivity index (χ4n) is 5.19. The van der Waals surface area contributed by atoms with Crippen molar-refractivity contribution >= 4 is 29.6 Å². The lowest BCUT2D eigenvalue weighted by atomic mass is 9.83. The number of nitrogens with zero attached hydrogens (tertiary/aromatic N) is 1. The van der Waals surface area contributed by atoms with Gasteiger partial charge in [0.25, 0.3) is 5.91 Å². The molecule has 4 amide bonds. The van der Waals surface area contributed by atoms with Gasteiger partial charge in [-0.2, -0.15) is 0 Å². The van der Waals surface area contributed by atoms with Crippen LogP contribution in [0.2, 0.25) is 0 Å². The number of carbonyl (C=O) groups excluding carboxylic acids is 5. The maximum Gasteiger partial charge on any atom is 0.408 e. The molecule has 3 atom stereocenters. The molecule has 0 bridgehead atoms. The van der Waals surface area contributed by atoms with Crippen LogP contribution in [0.5, 0.6) is 0 Å².